The standard InChI is InChI=1S/C11H15Cl2N3O/c1-3-15(4-2)11(17)16(14)8-5-6-9(12)10(13)7-8/h5-7H,3-4,14H2,1-2H3. The van der Waals surface area contributed by atoms with E-state index in [1.807, 2.05) is 13.8 Å². The van der Waals surface area contributed by atoms with Crippen molar-refractivity contribution in [3.63, 3.8) is 0 Å². The number of benzene rings is 1. The lowest BCUT2D eigenvalue weighted by Crippen LogP contribution is -2.47. The molecule has 0 saturated heterocycles. The van der Waals surface area contributed by atoms with Crippen LogP contribution >= 0.6 is 23.2 Å². The van der Waals surface area contributed by atoms with Crippen LogP contribution < -0.4 is 10.9 Å². The van der Waals surface area contributed by atoms with E-state index in [9.17, 15) is 4.79 Å². The summed E-state index contributed by atoms with van der Waals surface area (Å²) < 4.78 is 0. The summed E-state index contributed by atoms with van der Waals surface area (Å²) in [6.45, 7) is 4.99. The molecule has 0 spiro atoms. The third-order valence-electron chi connectivity index (χ3n) is 2.42. The Morgan fingerprint density at radius 2 is 1.82 bits per heavy atom. The van der Waals surface area contributed by atoms with Crippen molar-refractivity contribution in [3.05, 3.63) is 28.2 Å². The number of carbonyl (C=O) groups is 1. The van der Waals surface area contributed by atoms with Crippen LogP contribution in [0.2, 0.25) is 10.0 Å². The molecule has 1 aromatic carbocycles. The van der Waals surface area contributed by atoms with E-state index in [4.69, 9.17) is 29.0 Å². The fraction of sp³-hybridized carbons (Fsp3) is 0.364. The molecule has 1 rings (SSSR count). The van der Waals surface area contributed by atoms with Crippen LogP contribution in [0.5, 0.6) is 0 Å². The number of rotatable bonds is 3. The first-order valence-corrected chi connectivity index (χ1v) is 6.05. The molecule has 0 atom stereocenters. The first kappa shape index (κ1) is 14.1. The van der Waals surface area contributed by atoms with E-state index in [2.05, 4.69) is 0 Å². The largest absolute Gasteiger partial charge is 0.338 e. The van der Waals surface area contributed by atoms with E-state index < -0.39 is 0 Å². The summed E-state index contributed by atoms with van der Waals surface area (Å²) in [5.41, 5.74) is 0.510. The van der Waals surface area contributed by atoms with Gasteiger partial charge in [0.25, 0.3) is 0 Å². The van der Waals surface area contributed by atoms with Crippen LogP contribution in [-0.4, -0.2) is 24.0 Å². The van der Waals surface area contributed by atoms with Gasteiger partial charge in [-0.05, 0) is 32.0 Å². The van der Waals surface area contributed by atoms with E-state index in [1.165, 1.54) is 0 Å². The lowest BCUT2D eigenvalue weighted by atomic mass is 10.3. The van der Waals surface area contributed by atoms with Crippen LogP contribution in [0, 0.1) is 0 Å². The predicted molar refractivity (Wildman–Crippen MR) is 71.4 cm³/mol. The molecule has 4 nitrogen and oxygen atoms in total. The highest BCUT2D eigenvalue weighted by molar-refractivity contribution is 6.42. The van der Waals surface area contributed by atoms with Gasteiger partial charge in [0.1, 0.15) is 0 Å². The molecular formula is C11H15Cl2N3O. The molecule has 0 saturated carbocycles. The smallest absolute Gasteiger partial charge is 0.324 e. The first-order chi connectivity index (χ1) is 8.01. The topological polar surface area (TPSA) is 49.6 Å². The lowest BCUT2D eigenvalue weighted by molar-refractivity contribution is 0.210. The Bertz CT molecular complexity index is 408. The van der Waals surface area contributed by atoms with Gasteiger partial charge in [0.2, 0.25) is 0 Å². The van der Waals surface area contributed by atoms with E-state index >= 15 is 0 Å². The summed E-state index contributed by atoms with van der Waals surface area (Å²) in [4.78, 5) is 13.6. The van der Waals surface area contributed by atoms with Crippen molar-refractivity contribution in [2.24, 2.45) is 5.84 Å². The zero-order chi connectivity index (χ0) is 13.0. The number of carbonyl (C=O) groups excluding carboxylic acids is 1. The molecule has 94 valence electrons. The van der Waals surface area contributed by atoms with Crippen LogP contribution in [0.15, 0.2) is 18.2 Å². The molecule has 2 amide bonds. The van der Waals surface area contributed by atoms with Crippen LogP contribution in [0.25, 0.3) is 0 Å². The normalized spacial score (nSPS) is 10.2. The predicted octanol–water partition coefficient (Wildman–Crippen LogP) is 3.14. The highest BCUT2D eigenvalue weighted by atomic mass is 35.5. The average molecular weight is 276 g/mol. The maximum Gasteiger partial charge on any atom is 0.338 e. The van der Waals surface area contributed by atoms with Crippen molar-refractivity contribution >= 4 is 34.9 Å². The Kier molecular flexibility index (Phi) is 5.05. The molecule has 2 N–H and O–H groups in total. The van der Waals surface area contributed by atoms with Gasteiger partial charge in [0.15, 0.2) is 0 Å². The van der Waals surface area contributed by atoms with Gasteiger partial charge in [0, 0.05) is 13.1 Å². The minimum Gasteiger partial charge on any atom is -0.324 e. The Morgan fingerprint density at radius 1 is 1.24 bits per heavy atom. The molecule has 17 heavy (non-hydrogen) atoms. The molecular weight excluding hydrogens is 261 g/mol. The number of nitrogens with zero attached hydrogens (tertiary/aromatic N) is 2. The first-order valence-electron chi connectivity index (χ1n) is 5.30. The van der Waals surface area contributed by atoms with Crippen LogP contribution in [0.1, 0.15) is 13.8 Å². The second-order valence-corrected chi connectivity index (χ2v) is 4.24. The Labute approximate surface area is 111 Å². The van der Waals surface area contributed by atoms with E-state index in [0.29, 0.717) is 28.8 Å². The zero-order valence-corrected chi connectivity index (χ0v) is 11.3. The van der Waals surface area contributed by atoms with E-state index in [1.54, 1.807) is 23.1 Å². The van der Waals surface area contributed by atoms with E-state index in [0.717, 1.165) is 5.01 Å². The van der Waals surface area contributed by atoms with Gasteiger partial charge in [-0.25, -0.2) is 15.6 Å². The minimum atomic E-state index is -0.270. The maximum absolute atomic E-state index is 12.0. The van der Waals surface area contributed by atoms with Crippen molar-refractivity contribution in [3.8, 4) is 0 Å². The average Bonchev–Trinajstić information content (AvgIpc) is 2.33. The fourth-order valence-electron chi connectivity index (χ4n) is 1.39. The van der Waals surface area contributed by atoms with E-state index in [-0.39, 0.29) is 6.03 Å². The zero-order valence-electron chi connectivity index (χ0n) is 9.78. The maximum atomic E-state index is 12.0. The summed E-state index contributed by atoms with van der Waals surface area (Å²) in [5.74, 6) is 5.75. The summed E-state index contributed by atoms with van der Waals surface area (Å²) >= 11 is 11.7. The van der Waals surface area contributed by atoms with Crippen molar-refractivity contribution in [2.75, 3.05) is 18.1 Å². The number of amides is 2. The number of nitrogens with two attached hydrogens (primary N) is 1. The second-order valence-electron chi connectivity index (χ2n) is 3.42. The molecule has 0 aliphatic heterocycles. The molecule has 1 aromatic rings. The van der Waals surface area contributed by atoms with Crippen molar-refractivity contribution in [1.29, 1.82) is 0 Å². The van der Waals surface area contributed by atoms with Crippen LogP contribution in [-0.2, 0) is 0 Å². The van der Waals surface area contributed by atoms with Crippen molar-refractivity contribution in [1.82, 2.24) is 4.90 Å². The van der Waals surface area contributed by atoms with Crippen molar-refractivity contribution in [2.45, 2.75) is 13.8 Å². The molecule has 0 bridgehead atoms. The molecule has 0 radical (unpaired) electrons. The molecule has 0 aliphatic rings. The Balaban J connectivity index is 2.92. The molecule has 6 heteroatoms. The summed E-state index contributed by atoms with van der Waals surface area (Å²) in [6, 6.07) is 4.54. The lowest BCUT2D eigenvalue weighted by Gasteiger charge is -2.25. The van der Waals surface area contributed by atoms with Crippen LogP contribution in [0.4, 0.5) is 10.5 Å². The third kappa shape index (κ3) is 3.25. The Morgan fingerprint density at radius 3 is 2.29 bits per heavy atom. The number of hydrogen-bond acceptors (Lipinski definition) is 2. The summed E-state index contributed by atoms with van der Waals surface area (Å²) in [5, 5.41) is 1.86. The number of urea groups is 1. The molecule has 0 fully saturated rings. The Hall–Kier alpha value is -0.970. The molecule has 0 aromatic heterocycles. The van der Waals surface area contributed by atoms with Crippen molar-refractivity contribution < 1.29 is 4.79 Å². The van der Waals surface area contributed by atoms with Crippen LogP contribution in [0.3, 0.4) is 0 Å². The number of halogens is 2. The third-order valence-corrected chi connectivity index (χ3v) is 3.16. The molecule has 0 aliphatic carbocycles. The monoisotopic (exact) mass is 275 g/mol. The number of anilines is 1. The highest BCUT2D eigenvalue weighted by Gasteiger charge is 2.17. The van der Waals surface area contributed by atoms with Gasteiger partial charge in [-0.15, -0.1) is 0 Å². The van der Waals surface area contributed by atoms with Gasteiger partial charge in [-0.2, -0.15) is 0 Å². The summed E-state index contributed by atoms with van der Waals surface area (Å²) in [7, 11) is 0. The fourth-order valence-corrected chi connectivity index (χ4v) is 1.68. The van der Waals surface area contributed by atoms with Gasteiger partial charge < -0.3 is 4.90 Å². The number of hydrazine groups is 1. The molecule has 0 unspecified atom stereocenters. The minimum absolute atomic E-state index is 0.270. The van der Waals surface area contributed by atoms with Gasteiger partial charge in [-0.3, -0.25) is 0 Å². The SMILES string of the molecule is CCN(CC)C(=O)N(N)c1ccc(Cl)c(Cl)c1. The van der Waals surface area contributed by atoms with Gasteiger partial charge in [0.05, 0.1) is 15.7 Å². The number of hydrogen-bond donors (Lipinski definition) is 1. The van der Waals surface area contributed by atoms with Gasteiger partial charge in [-0.1, -0.05) is 23.2 Å². The summed E-state index contributed by atoms with van der Waals surface area (Å²) in [6.07, 6.45) is 0. The highest BCUT2D eigenvalue weighted by Crippen LogP contribution is 2.26. The second kappa shape index (κ2) is 6.10. The molecule has 0 heterocycles. The van der Waals surface area contributed by atoms with Gasteiger partial charge >= 0.3 is 6.03 Å². The quantitative estimate of drug-likeness (QED) is 0.524.